The van der Waals surface area contributed by atoms with Gasteiger partial charge in [0.25, 0.3) is 0 Å². The van der Waals surface area contributed by atoms with Crippen molar-refractivity contribution in [3.63, 3.8) is 0 Å². The number of benzene rings is 1. The molecule has 1 aliphatic heterocycles. The summed E-state index contributed by atoms with van der Waals surface area (Å²) in [6.07, 6.45) is -0.982. The minimum absolute atomic E-state index is 0.0450. The zero-order valence-electron chi connectivity index (χ0n) is 10.4. The Morgan fingerprint density at radius 3 is 2.60 bits per heavy atom. The third-order valence-electron chi connectivity index (χ3n) is 2.61. The van der Waals surface area contributed by atoms with Crippen molar-refractivity contribution in [2.24, 2.45) is 0 Å². The number of halogens is 2. The van der Waals surface area contributed by atoms with Crippen LogP contribution in [0.5, 0.6) is 17.2 Å². The molecule has 0 fully saturated rings. The van der Waals surface area contributed by atoms with Gasteiger partial charge in [-0.05, 0) is 12.5 Å². The zero-order valence-corrected chi connectivity index (χ0v) is 10.4. The van der Waals surface area contributed by atoms with Crippen molar-refractivity contribution in [1.29, 1.82) is 0 Å². The van der Waals surface area contributed by atoms with Gasteiger partial charge in [-0.2, -0.15) is 8.78 Å². The molecule has 1 aliphatic rings. The lowest BCUT2D eigenvalue weighted by atomic mass is 10.1. The highest BCUT2D eigenvalue weighted by molar-refractivity contribution is 5.64. The summed E-state index contributed by atoms with van der Waals surface area (Å²) >= 11 is 0. The molecule has 1 amide bonds. The first-order valence-electron chi connectivity index (χ1n) is 5.90. The van der Waals surface area contributed by atoms with E-state index in [4.69, 9.17) is 14.6 Å². The molecular weight excluding hydrogens is 276 g/mol. The standard InChI is InChI=1S/C12H13F2NO5/c13-11(14)20-8-6-10-9(18-3-4-19-10)5-7(8)1-2-15-12(16)17/h5-6,11,15H,1-4H2,(H,16,17). The largest absolute Gasteiger partial charge is 0.486 e. The summed E-state index contributed by atoms with van der Waals surface area (Å²) in [5.41, 5.74) is 0.420. The van der Waals surface area contributed by atoms with Crippen LogP contribution >= 0.6 is 0 Å². The number of nitrogens with one attached hydrogen (secondary N) is 1. The molecule has 0 bridgehead atoms. The molecule has 2 rings (SSSR count). The summed E-state index contributed by atoms with van der Waals surface area (Å²) in [6.45, 7) is -2.19. The first-order valence-corrected chi connectivity index (χ1v) is 5.90. The fourth-order valence-corrected chi connectivity index (χ4v) is 1.82. The van der Waals surface area contributed by atoms with E-state index in [9.17, 15) is 13.6 Å². The number of fused-ring (bicyclic) bond motifs is 1. The van der Waals surface area contributed by atoms with E-state index in [2.05, 4.69) is 10.1 Å². The van der Waals surface area contributed by atoms with Crippen LogP contribution in [0.25, 0.3) is 0 Å². The minimum Gasteiger partial charge on any atom is -0.486 e. The molecule has 20 heavy (non-hydrogen) atoms. The number of hydrogen-bond donors (Lipinski definition) is 2. The number of rotatable bonds is 5. The minimum atomic E-state index is -2.97. The molecule has 1 heterocycles. The first kappa shape index (κ1) is 14.2. The highest BCUT2D eigenvalue weighted by Gasteiger charge is 2.18. The Morgan fingerprint density at radius 1 is 1.35 bits per heavy atom. The highest BCUT2D eigenvalue weighted by Crippen LogP contribution is 2.37. The van der Waals surface area contributed by atoms with Gasteiger partial charge in [0.15, 0.2) is 11.5 Å². The third-order valence-corrected chi connectivity index (χ3v) is 2.61. The SMILES string of the molecule is O=C(O)NCCc1cc2c(cc1OC(F)F)OCCO2. The van der Waals surface area contributed by atoms with Crippen molar-refractivity contribution in [2.75, 3.05) is 19.8 Å². The van der Waals surface area contributed by atoms with Crippen LogP contribution in [0.15, 0.2) is 12.1 Å². The Morgan fingerprint density at radius 2 is 2.00 bits per heavy atom. The number of carboxylic acid groups (broad SMARTS) is 1. The lowest BCUT2D eigenvalue weighted by Gasteiger charge is -2.21. The fourth-order valence-electron chi connectivity index (χ4n) is 1.82. The third kappa shape index (κ3) is 3.62. The second-order valence-corrected chi connectivity index (χ2v) is 3.96. The molecule has 0 saturated heterocycles. The van der Waals surface area contributed by atoms with Gasteiger partial charge in [0, 0.05) is 18.2 Å². The van der Waals surface area contributed by atoms with E-state index in [0.717, 1.165) is 0 Å². The maximum absolute atomic E-state index is 12.4. The average molecular weight is 289 g/mol. The van der Waals surface area contributed by atoms with Crippen molar-refractivity contribution in [3.05, 3.63) is 17.7 Å². The summed E-state index contributed by atoms with van der Waals surface area (Å²) in [5.74, 6) is 0.724. The van der Waals surface area contributed by atoms with Crippen LogP contribution in [0.1, 0.15) is 5.56 Å². The zero-order chi connectivity index (χ0) is 14.5. The van der Waals surface area contributed by atoms with Crippen LogP contribution in [-0.4, -0.2) is 37.6 Å². The number of alkyl halides is 2. The molecule has 0 atom stereocenters. The second kappa shape index (κ2) is 6.27. The molecule has 0 aromatic heterocycles. The topological polar surface area (TPSA) is 77.0 Å². The van der Waals surface area contributed by atoms with E-state index in [1.807, 2.05) is 0 Å². The first-order chi connectivity index (χ1) is 9.56. The Balaban J connectivity index is 2.19. The van der Waals surface area contributed by atoms with Crippen LogP contribution in [0, 0.1) is 0 Å². The molecule has 0 radical (unpaired) electrons. The highest BCUT2D eigenvalue weighted by atomic mass is 19.3. The Bertz CT molecular complexity index is 495. The monoisotopic (exact) mass is 289 g/mol. The smallest absolute Gasteiger partial charge is 0.404 e. The fraction of sp³-hybridized carbons (Fsp3) is 0.417. The van der Waals surface area contributed by atoms with Gasteiger partial charge in [-0.25, -0.2) is 4.79 Å². The predicted molar refractivity (Wildman–Crippen MR) is 63.8 cm³/mol. The van der Waals surface area contributed by atoms with Crippen LogP contribution in [0.3, 0.4) is 0 Å². The molecule has 110 valence electrons. The van der Waals surface area contributed by atoms with Gasteiger partial charge < -0.3 is 24.6 Å². The normalized spacial score (nSPS) is 13.2. The number of hydrogen-bond acceptors (Lipinski definition) is 4. The maximum Gasteiger partial charge on any atom is 0.404 e. The van der Waals surface area contributed by atoms with E-state index in [0.29, 0.717) is 30.3 Å². The van der Waals surface area contributed by atoms with Gasteiger partial charge >= 0.3 is 12.7 Å². The molecule has 1 aromatic rings. The van der Waals surface area contributed by atoms with Crippen molar-refractivity contribution in [1.82, 2.24) is 5.32 Å². The van der Waals surface area contributed by atoms with E-state index >= 15 is 0 Å². The second-order valence-electron chi connectivity index (χ2n) is 3.96. The summed E-state index contributed by atoms with van der Waals surface area (Å²) in [4.78, 5) is 10.4. The number of carbonyl (C=O) groups is 1. The molecular formula is C12H13F2NO5. The molecule has 8 heteroatoms. The molecule has 0 saturated carbocycles. The maximum atomic E-state index is 12.4. The predicted octanol–water partition coefficient (Wildman–Crippen LogP) is 1.87. The van der Waals surface area contributed by atoms with Gasteiger partial charge in [0.1, 0.15) is 19.0 Å². The van der Waals surface area contributed by atoms with Crippen LogP contribution in [0.4, 0.5) is 13.6 Å². The molecule has 0 unspecified atom stereocenters. The molecule has 0 aliphatic carbocycles. The lowest BCUT2D eigenvalue weighted by molar-refractivity contribution is -0.0506. The Hall–Kier alpha value is -2.25. The summed E-state index contributed by atoms with van der Waals surface area (Å²) in [7, 11) is 0. The van der Waals surface area contributed by atoms with Crippen molar-refractivity contribution in [2.45, 2.75) is 13.0 Å². The van der Waals surface area contributed by atoms with Gasteiger partial charge in [0.2, 0.25) is 0 Å². The summed E-state index contributed by atoms with van der Waals surface area (Å²) in [5, 5.41) is 10.6. The van der Waals surface area contributed by atoms with Crippen LogP contribution in [-0.2, 0) is 6.42 Å². The average Bonchev–Trinajstić information content (AvgIpc) is 2.38. The van der Waals surface area contributed by atoms with Crippen molar-refractivity contribution in [3.8, 4) is 17.2 Å². The van der Waals surface area contributed by atoms with Crippen molar-refractivity contribution < 1.29 is 32.9 Å². The van der Waals surface area contributed by atoms with E-state index in [1.165, 1.54) is 12.1 Å². The van der Waals surface area contributed by atoms with E-state index in [-0.39, 0.29) is 18.7 Å². The van der Waals surface area contributed by atoms with Gasteiger partial charge in [-0.1, -0.05) is 0 Å². The molecule has 0 spiro atoms. The van der Waals surface area contributed by atoms with Gasteiger partial charge in [-0.3, -0.25) is 0 Å². The summed E-state index contributed by atoms with van der Waals surface area (Å²) < 4.78 is 39.8. The molecule has 6 nitrogen and oxygen atoms in total. The molecule has 1 aromatic carbocycles. The Labute approximate surface area is 113 Å². The van der Waals surface area contributed by atoms with Crippen molar-refractivity contribution >= 4 is 6.09 Å². The van der Waals surface area contributed by atoms with Crippen LogP contribution in [0.2, 0.25) is 0 Å². The van der Waals surface area contributed by atoms with Gasteiger partial charge in [-0.15, -0.1) is 0 Å². The van der Waals surface area contributed by atoms with Crippen LogP contribution < -0.4 is 19.5 Å². The summed E-state index contributed by atoms with van der Waals surface area (Å²) in [6, 6.07) is 2.85. The molecule has 2 N–H and O–H groups in total. The van der Waals surface area contributed by atoms with E-state index < -0.39 is 12.7 Å². The van der Waals surface area contributed by atoms with Gasteiger partial charge in [0.05, 0.1) is 0 Å². The number of ether oxygens (including phenoxy) is 3. The number of amides is 1. The van der Waals surface area contributed by atoms with E-state index in [1.54, 1.807) is 0 Å². The Kier molecular flexibility index (Phi) is 4.44. The lowest BCUT2D eigenvalue weighted by Crippen LogP contribution is -2.23. The quantitative estimate of drug-likeness (QED) is 0.865.